The zero-order valence-corrected chi connectivity index (χ0v) is 19.8. The maximum Gasteiger partial charge on any atom is 0.294 e. The SMILES string of the molecule is Cc1ccc(CN2C(=O)C(=Cc3ccc(C(=O)NCc4ccccn4)cc3)Oc3ccccc32)cc1. The van der Waals surface area contributed by atoms with Crippen LogP contribution in [0.15, 0.2) is 103 Å². The number of para-hydroxylation sites is 2. The lowest BCUT2D eigenvalue weighted by Gasteiger charge is -2.30. The first-order valence-corrected chi connectivity index (χ1v) is 11.7. The Hall–Kier alpha value is -4.71. The van der Waals surface area contributed by atoms with Gasteiger partial charge in [-0.25, -0.2) is 0 Å². The van der Waals surface area contributed by atoms with Gasteiger partial charge in [0.15, 0.2) is 11.5 Å². The summed E-state index contributed by atoms with van der Waals surface area (Å²) in [7, 11) is 0. The molecule has 6 nitrogen and oxygen atoms in total. The van der Waals surface area contributed by atoms with Crippen LogP contribution in [-0.2, 0) is 17.9 Å². The molecule has 0 fully saturated rings. The van der Waals surface area contributed by atoms with Crippen LogP contribution >= 0.6 is 0 Å². The Morgan fingerprint density at radius 3 is 2.44 bits per heavy atom. The van der Waals surface area contributed by atoms with E-state index in [-0.39, 0.29) is 17.6 Å². The monoisotopic (exact) mass is 475 g/mol. The first-order valence-electron chi connectivity index (χ1n) is 11.7. The maximum absolute atomic E-state index is 13.4. The third kappa shape index (κ3) is 5.18. The average Bonchev–Trinajstić information content (AvgIpc) is 2.92. The number of carbonyl (C=O) groups excluding carboxylic acids is 2. The molecule has 0 radical (unpaired) electrons. The first kappa shape index (κ1) is 23.1. The van der Waals surface area contributed by atoms with Crippen LogP contribution in [-0.4, -0.2) is 16.8 Å². The summed E-state index contributed by atoms with van der Waals surface area (Å²) in [5.74, 6) is 0.448. The molecule has 0 spiro atoms. The number of hydrogen-bond acceptors (Lipinski definition) is 4. The molecule has 1 aliphatic heterocycles. The maximum atomic E-state index is 13.4. The van der Waals surface area contributed by atoms with Crippen molar-refractivity contribution >= 4 is 23.6 Å². The van der Waals surface area contributed by atoms with E-state index in [0.717, 1.165) is 22.5 Å². The van der Waals surface area contributed by atoms with Gasteiger partial charge in [-0.15, -0.1) is 0 Å². The quantitative estimate of drug-likeness (QED) is 0.385. The van der Waals surface area contributed by atoms with Crippen LogP contribution < -0.4 is 15.0 Å². The fraction of sp³-hybridized carbons (Fsp3) is 0.100. The summed E-state index contributed by atoms with van der Waals surface area (Å²) < 4.78 is 5.98. The van der Waals surface area contributed by atoms with Crippen LogP contribution in [0.4, 0.5) is 5.69 Å². The van der Waals surface area contributed by atoms with Crippen LogP contribution in [0, 0.1) is 6.92 Å². The molecule has 6 heteroatoms. The lowest BCUT2D eigenvalue weighted by Crippen LogP contribution is -2.36. The Morgan fingerprint density at radius 1 is 0.944 bits per heavy atom. The van der Waals surface area contributed by atoms with E-state index in [4.69, 9.17) is 4.74 Å². The molecule has 1 N–H and O–H groups in total. The number of benzene rings is 3. The minimum atomic E-state index is -0.216. The minimum absolute atomic E-state index is 0.192. The summed E-state index contributed by atoms with van der Waals surface area (Å²) in [5, 5.41) is 2.86. The third-order valence-electron chi connectivity index (χ3n) is 5.92. The van der Waals surface area contributed by atoms with Crippen LogP contribution in [0.1, 0.15) is 32.7 Å². The molecule has 0 saturated heterocycles. The van der Waals surface area contributed by atoms with Gasteiger partial charge in [-0.1, -0.05) is 60.2 Å². The summed E-state index contributed by atoms with van der Waals surface area (Å²) in [4.78, 5) is 31.9. The Labute approximate surface area is 209 Å². The van der Waals surface area contributed by atoms with Gasteiger partial charge < -0.3 is 10.1 Å². The van der Waals surface area contributed by atoms with Crippen molar-refractivity contribution < 1.29 is 14.3 Å². The number of nitrogens with one attached hydrogen (secondary N) is 1. The molecule has 36 heavy (non-hydrogen) atoms. The van der Waals surface area contributed by atoms with Gasteiger partial charge in [0, 0.05) is 11.8 Å². The van der Waals surface area contributed by atoms with E-state index < -0.39 is 0 Å². The van der Waals surface area contributed by atoms with E-state index in [1.807, 2.05) is 73.7 Å². The zero-order chi connectivity index (χ0) is 24.9. The van der Waals surface area contributed by atoms with Gasteiger partial charge in [0.1, 0.15) is 0 Å². The van der Waals surface area contributed by atoms with Crippen LogP contribution in [0.2, 0.25) is 0 Å². The molecule has 2 amide bonds. The number of fused-ring (bicyclic) bond motifs is 1. The second kappa shape index (κ2) is 10.3. The minimum Gasteiger partial charge on any atom is -0.449 e. The number of nitrogens with zero attached hydrogens (tertiary/aromatic N) is 2. The number of aryl methyl sites for hydroxylation is 1. The molecule has 0 aliphatic carbocycles. The van der Waals surface area contributed by atoms with Crippen molar-refractivity contribution in [2.75, 3.05) is 4.90 Å². The highest BCUT2D eigenvalue weighted by atomic mass is 16.5. The van der Waals surface area contributed by atoms with Gasteiger partial charge >= 0.3 is 0 Å². The number of anilines is 1. The van der Waals surface area contributed by atoms with Crippen molar-refractivity contribution in [3.63, 3.8) is 0 Å². The second-order valence-electron chi connectivity index (χ2n) is 8.58. The Balaban J connectivity index is 1.34. The molecule has 0 atom stereocenters. The number of hydrogen-bond donors (Lipinski definition) is 1. The fourth-order valence-electron chi connectivity index (χ4n) is 3.95. The van der Waals surface area contributed by atoms with E-state index in [1.165, 1.54) is 5.56 Å². The highest BCUT2D eigenvalue weighted by Gasteiger charge is 2.30. The lowest BCUT2D eigenvalue weighted by atomic mass is 10.1. The molecule has 1 aliphatic rings. The van der Waals surface area contributed by atoms with Gasteiger partial charge in [0.05, 0.1) is 24.5 Å². The van der Waals surface area contributed by atoms with E-state index >= 15 is 0 Å². The lowest BCUT2D eigenvalue weighted by molar-refractivity contribution is -0.117. The third-order valence-corrected chi connectivity index (χ3v) is 5.92. The van der Waals surface area contributed by atoms with Crippen molar-refractivity contribution in [2.24, 2.45) is 0 Å². The summed E-state index contributed by atoms with van der Waals surface area (Å²) >= 11 is 0. The van der Waals surface area contributed by atoms with Gasteiger partial charge in [0.25, 0.3) is 11.8 Å². The van der Waals surface area contributed by atoms with E-state index in [0.29, 0.717) is 24.4 Å². The number of aromatic nitrogens is 1. The number of rotatable bonds is 6. The molecule has 0 bridgehead atoms. The topological polar surface area (TPSA) is 71.5 Å². The Bertz CT molecular complexity index is 1410. The largest absolute Gasteiger partial charge is 0.449 e. The molecule has 4 aromatic rings. The second-order valence-corrected chi connectivity index (χ2v) is 8.58. The van der Waals surface area contributed by atoms with Crippen LogP contribution in [0.3, 0.4) is 0 Å². The number of carbonyl (C=O) groups is 2. The average molecular weight is 476 g/mol. The Kier molecular flexibility index (Phi) is 6.58. The predicted octanol–water partition coefficient (Wildman–Crippen LogP) is 5.29. The molecule has 3 aromatic carbocycles. The number of pyridine rings is 1. The molecular formula is C30H25N3O3. The number of ether oxygens (including phenoxy) is 1. The molecule has 1 aromatic heterocycles. The Morgan fingerprint density at radius 2 is 1.69 bits per heavy atom. The van der Waals surface area contributed by atoms with Crippen LogP contribution in [0.5, 0.6) is 5.75 Å². The zero-order valence-electron chi connectivity index (χ0n) is 19.8. The van der Waals surface area contributed by atoms with Crippen molar-refractivity contribution in [3.8, 4) is 5.75 Å². The van der Waals surface area contributed by atoms with Crippen molar-refractivity contribution in [1.29, 1.82) is 0 Å². The van der Waals surface area contributed by atoms with Gasteiger partial charge in [0.2, 0.25) is 0 Å². The summed E-state index contributed by atoms with van der Waals surface area (Å²) in [5.41, 5.74) is 5.01. The molecule has 0 saturated carbocycles. The van der Waals surface area contributed by atoms with E-state index in [9.17, 15) is 9.59 Å². The van der Waals surface area contributed by atoms with Crippen molar-refractivity contribution in [1.82, 2.24) is 10.3 Å². The van der Waals surface area contributed by atoms with Gasteiger partial charge in [-0.05, 0) is 60.5 Å². The first-order chi connectivity index (χ1) is 17.6. The standard InChI is InChI=1S/C30H25N3O3/c1-21-9-11-23(12-10-21)20-33-26-7-2-3-8-27(26)36-28(30(33)35)18-22-13-15-24(16-14-22)29(34)32-19-25-6-4-5-17-31-25/h2-18H,19-20H2,1H3,(H,32,34). The van der Waals surface area contributed by atoms with Crippen LogP contribution in [0.25, 0.3) is 6.08 Å². The van der Waals surface area contributed by atoms with E-state index in [2.05, 4.69) is 10.3 Å². The molecule has 0 unspecified atom stereocenters. The fourth-order valence-corrected chi connectivity index (χ4v) is 3.95. The summed E-state index contributed by atoms with van der Waals surface area (Å²) in [6.45, 7) is 2.82. The number of amides is 2. The van der Waals surface area contributed by atoms with Gasteiger partial charge in [-0.3, -0.25) is 19.5 Å². The summed E-state index contributed by atoms with van der Waals surface area (Å²) in [6, 6.07) is 28.3. The molecule has 2 heterocycles. The van der Waals surface area contributed by atoms with Gasteiger partial charge in [-0.2, -0.15) is 0 Å². The highest BCUT2D eigenvalue weighted by molar-refractivity contribution is 6.09. The normalized spacial score (nSPS) is 13.8. The predicted molar refractivity (Wildman–Crippen MR) is 139 cm³/mol. The summed E-state index contributed by atoms with van der Waals surface area (Å²) in [6.07, 6.45) is 3.40. The molecule has 5 rings (SSSR count). The van der Waals surface area contributed by atoms with Crippen molar-refractivity contribution in [3.05, 3.63) is 131 Å². The van der Waals surface area contributed by atoms with Crippen molar-refractivity contribution in [2.45, 2.75) is 20.0 Å². The molecular weight excluding hydrogens is 450 g/mol. The molecule has 178 valence electrons. The smallest absolute Gasteiger partial charge is 0.294 e. The highest BCUT2D eigenvalue weighted by Crippen LogP contribution is 2.36. The van der Waals surface area contributed by atoms with E-state index in [1.54, 1.807) is 41.4 Å².